The van der Waals surface area contributed by atoms with Gasteiger partial charge in [-0.05, 0) is 0 Å². The molecule has 1 fully saturated rings. The zero-order valence-electron chi connectivity index (χ0n) is 9.23. The van der Waals surface area contributed by atoms with Crippen LogP contribution in [0.4, 0.5) is 0 Å². The highest BCUT2D eigenvalue weighted by Crippen LogP contribution is 2.12. The van der Waals surface area contributed by atoms with Crippen LogP contribution in [0, 0.1) is 0 Å². The van der Waals surface area contributed by atoms with Crippen LogP contribution in [0.5, 0.6) is 0 Å². The van der Waals surface area contributed by atoms with Crippen LogP contribution < -0.4 is 5.73 Å². The van der Waals surface area contributed by atoms with Crippen molar-refractivity contribution in [2.75, 3.05) is 19.6 Å². The summed E-state index contributed by atoms with van der Waals surface area (Å²) in [5.41, 5.74) is 5.55. The van der Waals surface area contributed by atoms with E-state index in [1.165, 1.54) is 15.8 Å². The van der Waals surface area contributed by atoms with E-state index in [4.69, 9.17) is 5.73 Å². The Morgan fingerprint density at radius 3 is 2.71 bits per heavy atom. The summed E-state index contributed by atoms with van der Waals surface area (Å²) in [6.45, 7) is 1.14. The van der Waals surface area contributed by atoms with E-state index in [0.717, 1.165) is 0 Å². The number of rotatable bonds is 3. The number of carbonyl (C=O) groups excluding carboxylic acids is 1. The highest BCUT2D eigenvalue weighted by atomic mass is 16.3. The molecule has 0 saturated carbocycles. The molecule has 0 aliphatic carbocycles. The lowest BCUT2D eigenvalue weighted by Gasteiger charge is -2.12. The molecule has 1 saturated heterocycles. The Bertz CT molecular complexity index is 397. The second-order valence-electron chi connectivity index (χ2n) is 4.00. The molecule has 2 rings (SSSR count). The SMILES string of the molecule is NCCn1cc(C(=O)N2CC(O)C(O)C2)nn1. The highest BCUT2D eigenvalue weighted by molar-refractivity contribution is 5.92. The first-order chi connectivity index (χ1) is 8.11. The summed E-state index contributed by atoms with van der Waals surface area (Å²) in [6.07, 6.45) is -0.275. The molecule has 1 aliphatic rings. The van der Waals surface area contributed by atoms with Gasteiger partial charge in [0.05, 0.1) is 24.9 Å². The summed E-state index contributed by atoms with van der Waals surface area (Å²) in [5.74, 6) is -0.344. The van der Waals surface area contributed by atoms with Crippen LogP contribution in [0.3, 0.4) is 0 Å². The van der Waals surface area contributed by atoms with Crippen molar-refractivity contribution in [2.24, 2.45) is 5.73 Å². The van der Waals surface area contributed by atoms with Crippen LogP contribution in [0.1, 0.15) is 10.5 Å². The third-order valence-corrected chi connectivity index (χ3v) is 2.66. The Morgan fingerprint density at radius 1 is 1.47 bits per heavy atom. The van der Waals surface area contributed by atoms with Crippen molar-refractivity contribution in [3.8, 4) is 0 Å². The quantitative estimate of drug-likeness (QED) is 0.534. The number of likely N-dealkylation sites (tertiary alicyclic amines) is 1. The number of nitrogens with two attached hydrogens (primary N) is 1. The van der Waals surface area contributed by atoms with Crippen LogP contribution in [0.15, 0.2) is 6.20 Å². The van der Waals surface area contributed by atoms with E-state index in [-0.39, 0.29) is 24.7 Å². The third kappa shape index (κ3) is 2.43. The van der Waals surface area contributed by atoms with Gasteiger partial charge in [0.15, 0.2) is 5.69 Å². The standard InChI is InChI=1S/C9H15N5O3/c10-1-2-14-3-6(11-12-14)9(17)13-4-7(15)8(16)5-13/h3,7-8,15-16H,1-2,4-5,10H2. The zero-order chi connectivity index (χ0) is 12.4. The number of aliphatic hydroxyl groups excluding tert-OH is 2. The minimum absolute atomic E-state index is 0.115. The second kappa shape index (κ2) is 4.78. The number of nitrogens with zero attached hydrogens (tertiary/aromatic N) is 4. The van der Waals surface area contributed by atoms with Crippen LogP contribution in [-0.4, -0.2) is 67.9 Å². The number of hydrogen-bond acceptors (Lipinski definition) is 6. The van der Waals surface area contributed by atoms with Gasteiger partial charge in [0.1, 0.15) is 0 Å². The van der Waals surface area contributed by atoms with Gasteiger partial charge < -0.3 is 20.8 Å². The summed E-state index contributed by atoms with van der Waals surface area (Å²) in [5, 5.41) is 26.2. The molecule has 94 valence electrons. The minimum atomic E-state index is -0.891. The number of carbonyl (C=O) groups is 1. The molecule has 1 aliphatic heterocycles. The van der Waals surface area contributed by atoms with Gasteiger partial charge in [-0.2, -0.15) is 0 Å². The molecule has 0 radical (unpaired) electrons. The number of β-amino-alcohol motifs (C(OH)–C–C–N with tert-alkyl or cyclic N) is 2. The minimum Gasteiger partial charge on any atom is -0.388 e. The molecular weight excluding hydrogens is 226 g/mol. The first-order valence-corrected chi connectivity index (χ1v) is 5.37. The Morgan fingerprint density at radius 2 is 2.12 bits per heavy atom. The fourth-order valence-electron chi connectivity index (χ4n) is 1.74. The van der Waals surface area contributed by atoms with E-state index in [0.29, 0.717) is 13.1 Å². The predicted octanol–water partition coefficient (Wildman–Crippen LogP) is -2.59. The van der Waals surface area contributed by atoms with Gasteiger partial charge in [0.25, 0.3) is 5.91 Å². The maximum atomic E-state index is 11.9. The van der Waals surface area contributed by atoms with E-state index in [1.54, 1.807) is 0 Å². The topological polar surface area (TPSA) is 118 Å². The van der Waals surface area contributed by atoms with Crippen molar-refractivity contribution in [1.82, 2.24) is 19.9 Å². The lowest BCUT2D eigenvalue weighted by Crippen LogP contribution is -2.30. The lowest BCUT2D eigenvalue weighted by atomic mass is 10.3. The van der Waals surface area contributed by atoms with E-state index in [2.05, 4.69) is 10.3 Å². The van der Waals surface area contributed by atoms with Crippen LogP contribution in [0.2, 0.25) is 0 Å². The van der Waals surface area contributed by atoms with Crippen molar-refractivity contribution in [3.63, 3.8) is 0 Å². The molecule has 0 spiro atoms. The highest BCUT2D eigenvalue weighted by Gasteiger charge is 2.33. The molecule has 8 nitrogen and oxygen atoms in total. The molecule has 4 N–H and O–H groups in total. The van der Waals surface area contributed by atoms with Crippen LogP contribution >= 0.6 is 0 Å². The van der Waals surface area contributed by atoms with E-state index in [1.807, 2.05) is 0 Å². The van der Waals surface area contributed by atoms with E-state index < -0.39 is 12.2 Å². The summed E-state index contributed by atoms with van der Waals surface area (Å²) < 4.78 is 1.48. The largest absolute Gasteiger partial charge is 0.388 e. The summed E-state index contributed by atoms with van der Waals surface area (Å²) >= 11 is 0. The maximum Gasteiger partial charge on any atom is 0.276 e. The van der Waals surface area contributed by atoms with Crippen molar-refractivity contribution in [2.45, 2.75) is 18.8 Å². The average molecular weight is 241 g/mol. The fourth-order valence-corrected chi connectivity index (χ4v) is 1.74. The van der Waals surface area contributed by atoms with E-state index >= 15 is 0 Å². The van der Waals surface area contributed by atoms with Gasteiger partial charge in [0, 0.05) is 19.6 Å². The maximum absolute atomic E-state index is 11.9. The smallest absolute Gasteiger partial charge is 0.276 e. The predicted molar refractivity (Wildman–Crippen MR) is 57.0 cm³/mol. The van der Waals surface area contributed by atoms with Crippen molar-refractivity contribution < 1.29 is 15.0 Å². The molecule has 2 atom stereocenters. The summed E-state index contributed by atoms with van der Waals surface area (Å²) in [6, 6.07) is 0. The Kier molecular flexibility index (Phi) is 3.36. The van der Waals surface area contributed by atoms with Crippen molar-refractivity contribution >= 4 is 5.91 Å². The lowest BCUT2D eigenvalue weighted by molar-refractivity contribution is 0.0572. The van der Waals surface area contributed by atoms with Gasteiger partial charge in [-0.3, -0.25) is 9.48 Å². The average Bonchev–Trinajstić information content (AvgIpc) is 2.87. The Hall–Kier alpha value is -1.51. The number of amides is 1. The number of hydrogen-bond donors (Lipinski definition) is 3. The molecule has 0 bridgehead atoms. The normalized spacial score (nSPS) is 24.3. The molecule has 0 aromatic carbocycles. The molecule has 1 aromatic rings. The molecule has 1 amide bonds. The molecule has 1 aromatic heterocycles. The molecule has 2 unspecified atom stereocenters. The number of aromatic nitrogens is 3. The summed E-state index contributed by atoms with van der Waals surface area (Å²) in [4.78, 5) is 13.3. The van der Waals surface area contributed by atoms with E-state index in [9.17, 15) is 15.0 Å². The second-order valence-corrected chi connectivity index (χ2v) is 4.00. The third-order valence-electron chi connectivity index (χ3n) is 2.66. The van der Waals surface area contributed by atoms with Crippen molar-refractivity contribution in [3.05, 3.63) is 11.9 Å². The first kappa shape index (κ1) is 12.0. The number of aliphatic hydroxyl groups is 2. The van der Waals surface area contributed by atoms with Gasteiger partial charge in [-0.25, -0.2) is 0 Å². The molecular formula is C9H15N5O3. The molecule has 17 heavy (non-hydrogen) atoms. The molecule has 2 heterocycles. The van der Waals surface area contributed by atoms with Crippen molar-refractivity contribution in [1.29, 1.82) is 0 Å². The van der Waals surface area contributed by atoms with Gasteiger partial charge in [-0.1, -0.05) is 5.21 Å². The Labute approximate surface area is 97.6 Å². The monoisotopic (exact) mass is 241 g/mol. The zero-order valence-corrected chi connectivity index (χ0v) is 9.23. The van der Waals surface area contributed by atoms with Crippen LogP contribution in [0.25, 0.3) is 0 Å². The van der Waals surface area contributed by atoms with Gasteiger partial charge in [0.2, 0.25) is 0 Å². The molecule has 8 heteroatoms. The van der Waals surface area contributed by atoms with Gasteiger partial charge in [-0.15, -0.1) is 5.10 Å². The van der Waals surface area contributed by atoms with Gasteiger partial charge >= 0.3 is 0 Å². The summed E-state index contributed by atoms with van der Waals surface area (Å²) in [7, 11) is 0. The van der Waals surface area contributed by atoms with Crippen LogP contribution in [-0.2, 0) is 6.54 Å². The fraction of sp³-hybridized carbons (Fsp3) is 0.667. The Balaban J connectivity index is 2.04. The first-order valence-electron chi connectivity index (χ1n) is 5.37.